The first-order valence-electron chi connectivity index (χ1n) is 6.37. The molecule has 1 amide bonds. The molecule has 0 fully saturated rings. The number of nitrogens with zero attached hydrogens (tertiary/aromatic N) is 2. The molecule has 0 saturated carbocycles. The van der Waals surface area contributed by atoms with Gasteiger partial charge in [-0.25, -0.2) is 4.79 Å². The summed E-state index contributed by atoms with van der Waals surface area (Å²) in [7, 11) is 0. The lowest BCUT2D eigenvalue weighted by Crippen LogP contribution is -2.33. The Kier molecular flexibility index (Phi) is 2.92. The molecule has 1 aromatic carbocycles. The topological polar surface area (TPSA) is 80.1 Å². The first kappa shape index (κ1) is 12.3. The van der Waals surface area contributed by atoms with Crippen LogP contribution in [0.4, 0.5) is 4.79 Å². The van der Waals surface area contributed by atoms with E-state index in [2.05, 4.69) is 11.1 Å². The zero-order valence-electron chi connectivity index (χ0n) is 10.8. The lowest BCUT2D eigenvalue weighted by molar-refractivity contribution is 0.150. The number of hydrogen-bond donors (Lipinski definition) is 2. The van der Waals surface area contributed by atoms with Crippen LogP contribution in [0.15, 0.2) is 30.5 Å². The Hall–Kier alpha value is -2.74. The number of nitriles is 1. The van der Waals surface area contributed by atoms with Gasteiger partial charge in [0.1, 0.15) is 0 Å². The second-order valence-electron chi connectivity index (χ2n) is 4.78. The van der Waals surface area contributed by atoms with Crippen LogP contribution < -0.4 is 0 Å². The van der Waals surface area contributed by atoms with Crippen molar-refractivity contribution >= 4 is 22.6 Å². The van der Waals surface area contributed by atoms with Crippen LogP contribution in [-0.2, 0) is 0 Å². The third kappa shape index (κ3) is 2.01. The highest BCUT2D eigenvalue weighted by molar-refractivity contribution is 5.93. The predicted octanol–water partition coefficient (Wildman–Crippen LogP) is 2.81. The van der Waals surface area contributed by atoms with Crippen molar-refractivity contribution in [3.8, 4) is 6.07 Å². The summed E-state index contributed by atoms with van der Waals surface area (Å²) >= 11 is 0. The maximum Gasteiger partial charge on any atom is 0.407 e. The van der Waals surface area contributed by atoms with Crippen molar-refractivity contribution < 1.29 is 9.90 Å². The van der Waals surface area contributed by atoms with Crippen LogP contribution >= 0.6 is 0 Å². The summed E-state index contributed by atoms with van der Waals surface area (Å²) in [5.74, 6) is 0. The van der Waals surface area contributed by atoms with E-state index in [4.69, 9.17) is 10.4 Å². The van der Waals surface area contributed by atoms with Gasteiger partial charge in [0, 0.05) is 35.8 Å². The zero-order valence-corrected chi connectivity index (χ0v) is 10.8. The molecule has 2 aromatic rings. The van der Waals surface area contributed by atoms with Crippen molar-refractivity contribution in [3.63, 3.8) is 0 Å². The molecule has 0 spiro atoms. The molecular weight excluding hydrogens is 254 g/mol. The molecule has 0 radical (unpaired) electrons. The molecule has 3 rings (SSSR count). The molecule has 100 valence electrons. The number of aromatic nitrogens is 1. The van der Waals surface area contributed by atoms with Gasteiger partial charge >= 0.3 is 6.09 Å². The predicted molar refractivity (Wildman–Crippen MR) is 75.2 cm³/mol. The third-order valence-electron chi connectivity index (χ3n) is 3.64. The van der Waals surface area contributed by atoms with Gasteiger partial charge in [0.2, 0.25) is 0 Å². The Morgan fingerprint density at radius 3 is 2.95 bits per heavy atom. The summed E-state index contributed by atoms with van der Waals surface area (Å²) in [4.78, 5) is 15.5. The standard InChI is InChI=1S/C15H13N3O2/c16-8-10-1-2-14-12(7-10)13(9-17-14)11-3-5-18(6-4-11)15(19)20/h1-3,7,9,17H,4-6H2,(H,19,20). The molecule has 1 aliphatic rings. The average Bonchev–Trinajstić information content (AvgIpc) is 2.90. The number of nitrogens with one attached hydrogen (secondary N) is 1. The molecule has 0 atom stereocenters. The minimum absolute atomic E-state index is 0.412. The Bertz CT molecular complexity index is 752. The van der Waals surface area contributed by atoms with E-state index >= 15 is 0 Å². The van der Waals surface area contributed by atoms with Gasteiger partial charge in [0.15, 0.2) is 0 Å². The average molecular weight is 267 g/mol. The van der Waals surface area contributed by atoms with E-state index in [1.54, 1.807) is 6.07 Å². The Morgan fingerprint density at radius 1 is 1.45 bits per heavy atom. The molecule has 0 aliphatic carbocycles. The van der Waals surface area contributed by atoms with Gasteiger partial charge < -0.3 is 15.0 Å². The molecule has 2 N–H and O–H groups in total. The minimum Gasteiger partial charge on any atom is -0.465 e. The van der Waals surface area contributed by atoms with Gasteiger partial charge in [-0.3, -0.25) is 0 Å². The summed E-state index contributed by atoms with van der Waals surface area (Å²) in [6, 6.07) is 7.68. The van der Waals surface area contributed by atoms with E-state index in [1.807, 2.05) is 24.4 Å². The van der Waals surface area contributed by atoms with E-state index in [1.165, 1.54) is 4.90 Å². The van der Waals surface area contributed by atoms with E-state index in [9.17, 15) is 4.79 Å². The molecule has 20 heavy (non-hydrogen) atoms. The van der Waals surface area contributed by atoms with E-state index in [-0.39, 0.29) is 0 Å². The molecule has 5 heteroatoms. The van der Waals surface area contributed by atoms with E-state index in [0.717, 1.165) is 22.0 Å². The molecule has 0 unspecified atom stereocenters. The van der Waals surface area contributed by atoms with E-state index < -0.39 is 6.09 Å². The molecular formula is C15H13N3O2. The summed E-state index contributed by atoms with van der Waals surface area (Å²) < 4.78 is 0. The van der Waals surface area contributed by atoms with Crippen LogP contribution in [0.25, 0.3) is 16.5 Å². The Labute approximate surface area is 115 Å². The number of aromatic amines is 1. The maximum atomic E-state index is 10.9. The lowest BCUT2D eigenvalue weighted by atomic mass is 9.98. The number of carbonyl (C=O) groups is 1. The Balaban J connectivity index is 1.99. The van der Waals surface area contributed by atoms with Crippen molar-refractivity contribution in [1.29, 1.82) is 5.26 Å². The number of rotatable bonds is 1. The Morgan fingerprint density at radius 2 is 2.30 bits per heavy atom. The third-order valence-corrected chi connectivity index (χ3v) is 3.64. The highest BCUT2D eigenvalue weighted by Gasteiger charge is 2.18. The molecule has 0 bridgehead atoms. The van der Waals surface area contributed by atoms with Crippen LogP contribution in [0.1, 0.15) is 17.5 Å². The minimum atomic E-state index is -0.883. The number of hydrogen-bond acceptors (Lipinski definition) is 2. The van der Waals surface area contributed by atoms with Gasteiger partial charge in [-0.1, -0.05) is 6.08 Å². The lowest BCUT2D eigenvalue weighted by Gasteiger charge is -2.23. The van der Waals surface area contributed by atoms with Crippen molar-refractivity contribution in [2.45, 2.75) is 6.42 Å². The summed E-state index contributed by atoms with van der Waals surface area (Å²) in [5.41, 5.74) is 3.80. The van der Waals surface area contributed by atoms with Crippen LogP contribution in [0.2, 0.25) is 0 Å². The fourth-order valence-electron chi connectivity index (χ4n) is 2.54. The largest absolute Gasteiger partial charge is 0.465 e. The second kappa shape index (κ2) is 4.74. The van der Waals surface area contributed by atoms with Gasteiger partial charge in [-0.2, -0.15) is 5.26 Å². The molecule has 1 aliphatic heterocycles. The van der Waals surface area contributed by atoms with Crippen LogP contribution in [0.3, 0.4) is 0 Å². The van der Waals surface area contributed by atoms with Crippen molar-refractivity contribution in [2.24, 2.45) is 0 Å². The SMILES string of the molecule is N#Cc1ccc2[nH]cc(C3=CCN(C(=O)O)CC3)c2c1. The number of benzene rings is 1. The zero-order chi connectivity index (χ0) is 14.1. The number of H-pyrrole nitrogens is 1. The quantitative estimate of drug-likeness (QED) is 0.833. The van der Waals surface area contributed by atoms with Crippen LogP contribution in [0, 0.1) is 11.3 Å². The fourth-order valence-corrected chi connectivity index (χ4v) is 2.54. The van der Waals surface area contributed by atoms with Gasteiger partial charge in [-0.15, -0.1) is 0 Å². The smallest absolute Gasteiger partial charge is 0.407 e. The molecule has 0 saturated heterocycles. The maximum absolute atomic E-state index is 10.9. The highest BCUT2D eigenvalue weighted by Crippen LogP contribution is 2.29. The number of fused-ring (bicyclic) bond motifs is 1. The molecule has 5 nitrogen and oxygen atoms in total. The van der Waals surface area contributed by atoms with Gasteiger partial charge in [0.25, 0.3) is 0 Å². The number of carboxylic acid groups (broad SMARTS) is 1. The van der Waals surface area contributed by atoms with E-state index in [0.29, 0.717) is 25.1 Å². The monoisotopic (exact) mass is 267 g/mol. The molecule has 1 aromatic heterocycles. The normalized spacial score (nSPS) is 14.9. The first-order valence-corrected chi connectivity index (χ1v) is 6.37. The summed E-state index contributed by atoms with van der Waals surface area (Å²) in [6.07, 6.45) is 3.68. The fraction of sp³-hybridized carbons (Fsp3) is 0.200. The van der Waals surface area contributed by atoms with Gasteiger partial charge in [-0.05, 0) is 30.2 Å². The summed E-state index contributed by atoms with van der Waals surface area (Å²) in [6.45, 7) is 0.918. The van der Waals surface area contributed by atoms with Gasteiger partial charge in [0.05, 0.1) is 11.6 Å². The van der Waals surface area contributed by atoms with Crippen LogP contribution in [-0.4, -0.2) is 34.2 Å². The van der Waals surface area contributed by atoms with Crippen molar-refractivity contribution in [2.75, 3.05) is 13.1 Å². The van der Waals surface area contributed by atoms with Crippen molar-refractivity contribution in [1.82, 2.24) is 9.88 Å². The second-order valence-corrected chi connectivity index (χ2v) is 4.78. The summed E-state index contributed by atoms with van der Waals surface area (Å²) in [5, 5.41) is 18.9. The highest BCUT2D eigenvalue weighted by atomic mass is 16.4. The number of amides is 1. The first-order chi connectivity index (χ1) is 9.69. The van der Waals surface area contributed by atoms with Crippen LogP contribution in [0.5, 0.6) is 0 Å². The molecule has 2 heterocycles. The van der Waals surface area contributed by atoms with Crippen molar-refractivity contribution in [3.05, 3.63) is 41.6 Å².